The largest absolute Gasteiger partial charge is 0.486 e. The van der Waals surface area contributed by atoms with Crippen LogP contribution in [0.15, 0.2) is 108 Å². The molecule has 0 aromatic heterocycles. The number of carbonyl (C=O) groups excluding carboxylic acids is 2. The van der Waals surface area contributed by atoms with E-state index >= 15 is 0 Å². The first-order valence-corrected chi connectivity index (χ1v) is 17.6. The maximum absolute atomic E-state index is 14.6. The van der Waals surface area contributed by atoms with E-state index in [2.05, 4.69) is 5.32 Å². The highest BCUT2D eigenvalue weighted by Gasteiger charge is 2.36. The molecule has 0 spiro atoms. The Balaban J connectivity index is 1.39. The maximum Gasteiger partial charge on any atom is 0.264 e. The Kier molecular flexibility index (Phi) is 10.2. The number of fused-ring (bicyclic) bond motifs is 1. The van der Waals surface area contributed by atoms with Crippen molar-refractivity contribution in [1.29, 1.82) is 0 Å². The van der Waals surface area contributed by atoms with Gasteiger partial charge in [-0.2, -0.15) is 0 Å². The zero-order valence-corrected chi connectivity index (χ0v) is 27.3. The number of rotatable bonds is 12. The third-order valence-corrected chi connectivity index (χ3v) is 10.4. The molecule has 0 radical (unpaired) electrons. The number of halogens is 1. The number of hydrogen-bond donors (Lipinski definition) is 1. The molecule has 0 unspecified atom stereocenters. The van der Waals surface area contributed by atoms with Gasteiger partial charge in [-0.3, -0.25) is 13.9 Å². The minimum Gasteiger partial charge on any atom is -0.486 e. The lowest BCUT2D eigenvalue weighted by Gasteiger charge is -2.34. The summed E-state index contributed by atoms with van der Waals surface area (Å²) in [6.07, 6.45) is 3.99. The lowest BCUT2D eigenvalue weighted by atomic mass is 10.0. The van der Waals surface area contributed by atoms with E-state index in [-0.39, 0.29) is 47.9 Å². The maximum atomic E-state index is 14.6. The van der Waals surface area contributed by atoms with Gasteiger partial charge in [0.15, 0.2) is 11.5 Å². The average molecular weight is 672 g/mol. The van der Waals surface area contributed by atoms with Crippen molar-refractivity contribution >= 4 is 27.5 Å². The highest BCUT2D eigenvalue weighted by atomic mass is 32.2. The summed E-state index contributed by atoms with van der Waals surface area (Å²) in [4.78, 5) is 30.0. The average Bonchev–Trinajstić information content (AvgIpc) is 3.62. The predicted molar refractivity (Wildman–Crippen MR) is 180 cm³/mol. The Bertz CT molecular complexity index is 1820. The molecular formula is C37H38FN3O6S. The van der Waals surface area contributed by atoms with E-state index in [0.717, 1.165) is 53.2 Å². The van der Waals surface area contributed by atoms with Crippen molar-refractivity contribution in [2.24, 2.45) is 0 Å². The van der Waals surface area contributed by atoms with Crippen LogP contribution in [-0.2, 0) is 32.6 Å². The second-order valence-electron chi connectivity index (χ2n) is 12.0. The van der Waals surface area contributed by atoms with Crippen LogP contribution in [0.25, 0.3) is 0 Å². The molecule has 1 aliphatic carbocycles. The Morgan fingerprint density at radius 3 is 2.10 bits per heavy atom. The number of hydrogen-bond acceptors (Lipinski definition) is 6. The molecule has 2 amide bonds. The van der Waals surface area contributed by atoms with Gasteiger partial charge < -0.3 is 19.7 Å². The van der Waals surface area contributed by atoms with E-state index < -0.39 is 34.3 Å². The summed E-state index contributed by atoms with van der Waals surface area (Å²) in [5, 5.41) is 3.16. The molecule has 48 heavy (non-hydrogen) atoms. The fraction of sp³-hybridized carbons (Fsp3) is 0.297. The monoisotopic (exact) mass is 671 g/mol. The molecule has 1 saturated carbocycles. The topological polar surface area (TPSA) is 105 Å². The number of ether oxygens (including phenoxy) is 2. The van der Waals surface area contributed by atoms with Crippen molar-refractivity contribution in [2.75, 3.05) is 24.1 Å². The number of nitrogens with one attached hydrogen (secondary N) is 1. The van der Waals surface area contributed by atoms with Gasteiger partial charge in [-0.25, -0.2) is 12.8 Å². The molecule has 4 aromatic carbocycles. The van der Waals surface area contributed by atoms with Gasteiger partial charge in [0.1, 0.15) is 31.6 Å². The fourth-order valence-corrected chi connectivity index (χ4v) is 7.58. The molecule has 9 nitrogen and oxygen atoms in total. The molecule has 1 atom stereocenters. The van der Waals surface area contributed by atoms with Crippen molar-refractivity contribution in [3.05, 3.63) is 120 Å². The fourth-order valence-electron chi connectivity index (χ4n) is 6.15. The van der Waals surface area contributed by atoms with Crippen molar-refractivity contribution in [1.82, 2.24) is 10.2 Å². The second kappa shape index (κ2) is 14.9. The van der Waals surface area contributed by atoms with Crippen LogP contribution in [0, 0.1) is 5.82 Å². The first kappa shape index (κ1) is 33.0. The summed E-state index contributed by atoms with van der Waals surface area (Å²) in [5.41, 5.74) is 1.73. The molecule has 1 heterocycles. The van der Waals surface area contributed by atoms with Crippen LogP contribution in [0.3, 0.4) is 0 Å². The van der Waals surface area contributed by atoms with Crippen LogP contribution < -0.4 is 19.1 Å². The zero-order valence-electron chi connectivity index (χ0n) is 26.5. The van der Waals surface area contributed by atoms with Gasteiger partial charge in [0.2, 0.25) is 11.8 Å². The third-order valence-electron chi connectivity index (χ3n) is 8.66. The summed E-state index contributed by atoms with van der Waals surface area (Å²) in [6, 6.07) is 26.9. The van der Waals surface area contributed by atoms with E-state index in [1.165, 1.54) is 35.2 Å². The number of benzene rings is 4. The molecule has 0 bridgehead atoms. The van der Waals surface area contributed by atoms with E-state index in [4.69, 9.17) is 9.47 Å². The quantitative estimate of drug-likeness (QED) is 0.214. The minimum absolute atomic E-state index is 0.00995. The lowest BCUT2D eigenvalue weighted by Crippen LogP contribution is -2.54. The highest BCUT2D eigenvalue weighted by Crippen LogP contribution is 2.34. The molecule has 250 valence electrons. The van der Waals surface area contributed by atoms with Crippen LogP contribution in [-0.4, -0.2) is 57.0 Å². The Morgan fingerprint density at radius 2 is 1.44 bits per heavy atom. The van der Waals surface area contributed by atoms with Crippen molar-refractivity contribution in [3.8, 4) is 11.5 Å². The summed E-state index contributed by atoms with van der Waals surface area (Å²) >= 11 is 0. The molecule has 1 N–H and O–H groups in total. The predicted octanol–water partition coefficient (Wildman–Crippen LogP) is 5.49. The van der Waals surface area contributed by atoms with Gasteiger partial charge >= 0.3 is 0 Å². The van der Waals surface area contributed by atoms with Crippen molar-refractivity contribution in [3.63, 3.8) is 0 Å². The number of sulfonamides is 1. The standard InChI is InChI=1S/C37H38FN3O6S/c38-29-15-17-31(18-16-29)41(48(44,45)32-19-20-34-35(24-32)47-22-21-46-34)26-36(42)40(25-28-11-5-2-6-12-28)33(23-27-9-3-1-4-10-27)37(43)39-30-13-7-8-14-30/h1-6,9-12,15-20,24,30,33H,7-8,13-14,21-23,25-26H2,(H,39,43)/t33-/m1/s1. The van der Waals surface area contributed by atoms with Gasteiger partial charge in [0.05, 0.1) is 10.6 Å². The van der Waals surface area contributed by atoms with Crippen LogP contribution in [0.5, 0.6) is 11.5 Å². The van der Waals surface area contributed by atoms with E-state index in [0.29, 0.717) is 12.4 Å². The SMILES string of the molecule is O=C(NC1CCCC1)[C@@H](Cc1ccccc1)N(Cc1ccccc1)C(=O)CN(c1ccc(F)cc1)S(=O)(=O)c1ccc2c(c1)OCCO2. The van der Waals surface area contributed by atoms with Crippen molar-refractivity contribution < 1.29 is 31.9 Å². The van der Waals surface area contributed by atoms with Crippen molar-refractivity contribution in [2.45, 2.75) is 55.6 Å². The van der Waals surface area contributed by atoms with Crippen LogP contribution in [0.2, 0.25) is 0 Å². The molecule has 0 saturated heterocycles. The van der Waals surface area contributed by atoms with E-state index in [1.807, 2.05) is 60.7 Å². The highest BCUT2D eigenvalue weighted by molar-refractivity contribution is 7.92. The van der Waals surface area contributed by atoms with Gasteiger partial charge in [-0.15, -0.1) is 0 Å². The molecule has 1 aliphatic heterocycles. The minimum atomic E-state index is -4.40. The second-order valence-corrected chi connectivity index (χ2v) is 13.9. The molecule has 11 heteroatoms. The van der Waals surface area contributed by atoms with Crippen LogP contribution >= 0.6 is 0 Å². The first-order valence-electron chi connectivity index (χ1n) is 16.1. The number of amides is 2. The van der Waals surface area contributed by atoms with Gasteiger partial charge in [-0.05, 0) is 60.4 Å². The molecule has 2 aliphatic rings. The summed E-state index contributed by atoms with van der Waals surface area (Å²) in [7, 11) is -4.40. The number of carbonyl (C=O) groups is 2. The van der Waals surface area contributed by atoms with E-state index in [1.54, 1.807) is 0 Å². The van der Waals surface area contributed by atoms with Crippen LogP contribution in [0.4, 0.5) is 10.1 Å². The molecule has 6 rings (SSSR count). The van der Waals surface area contributed by atoms with Gasteiger partial charge in [-0.1, -0.05) is 73.5 Å². The number of nitrogens with zero attached hydrogens (tertiary/aromatic N) is 2. The van der Waals surface area contributed by atoms with Gasteiger partial charge in [0, 0.05) is 25.1 Å². The summed E-state index contributed by atoms with van der Waals surface area (Å²) < 4.78 is 54.9. The molecule has 1 fully saturated rings. The summed E-state index contributed by atoms with van der Waals surface area (Å²) in [5.74, 6) is -0.760. The normalized spacial score (nSPS) is 15.0. The van der Waals surface area contributed by atoms with Gasteiger partial charge in [0.25, 0.3) is 10.0 Å². The van der Waals surface area contributed by atoms with E-state index in [9.17, 15) is 22.4 Å². The Labute approximate surface area is 280 Å². The van der Waals surface area contributed by atoms with Crippen LogP contribution in [0.1, 0.15) is 36.8 Å². The lowest BCUT2D eigenvalue weighted by molar-refractivity contribution is -0.140. The Hall–Kier alpha value is -4.90. The number of anilines is 1. The molecular weight excluding hydrogens is 633 g/mol. The Morgan fingerprint density at radius 1 is 0.812 bits per heavy atom. The third kappa shape index (κ3) is 7.79. The molecule has 4 aromatic rings. The smallest absolute Gasteiger partial charge is 0.264 e. The first-order chi connectivity index (χ1) is 23.3. The summed E-state index contributed by atoms with van der Waals surface area (Å²) in [6.45, 7) is 0.0235. The zero-order chi connectivity index (χ0) is 33.5.